The van der Waals surface area contributed by atoms with Crippen LogP contribution in [0, 0.1) is 6.92 Å². The van der Waals surface area contributed by atoms with Crippen molar-refractivity contribution in [3.8, 4) is 0 Å². The van der Waals surface area contributed by atoms with Crippen molar-refractivity contribution in [1.29, 1.82) is 0 Å². The molecule has 4 nitrogen and oxygen atoms in total. The Morgan fingerprint density at radius 1 is 1.24 bits per heavy atom. The SMILES string of the molecule is Cc1ccc(S(C)(=O)=O)cc1NC1CC(C)(C)OC1(C)C. The van der Waals surface area contributed by atoms with E-state index in [1.165, 1.54) is 6.26 Å². The third kappa shape index (κ3) is 3.58. The molecule has 0 aromatic heterocycles. The molecule has 0 amide bonds. The van der Waals surface area contributed by atoms with Gasteiger partial charge in [-0.05, 0) is 58.7 Å². The van der Waals surface area contributed by atoms with Gasteiger partial charge in [-0.15, -0.1) is 0 Å². The molecular formula is C16H25NO3S. The van der Waals surface area contributed by atoms with Crippen molar-refractivity contribution in [3.05, 3.63) is 23.8 Å². The molecule has 1 aromatic rings. The van der Waals surface area contributed by atoms with Gasteiger partial charge in [-0.3, -0.25) is 0 Å². The zero-order valence-corrected chi connectivity index (χ0v) is 14.5. The van der Waals surface area contributed by atoms with Crippen LogP contribution in [-0.4, -0.2) is 31.9 Å². The molecule has 1 N–H and O–H groups in total. The molecule has 0 aliphatic carbocycles. The van der Waals surface area contributed by atoms with Crippen LogP contribution >= 0.6 is 0 Å². The van der Waals surface area contributed by atoms with Gasteiger partial charge in [0.15, 0.2) is 9.84 Å². The zero-order valence-electron chi connectivity index (χ0n) is 13.6. The van der Waals surface area contributed by atoms with Crippen LogP contribution in [0.5, 0.6) is 0 Å². The lowest BCUT2D eigenvalue weighted by atomic mass is 9.94. The predicted molar refractivity (Wildman–Crippen MR) is 85.6 cm³/mol. The van der Waals surface area contributed by atoms with Crippen LogP contribution < -0.4 is 5.32 Å². The third-order valence-corrected chi connectivity index (χ3v) is 5.15. The van der Waals surface area contributed by atoms with E-state index in [4.69, 9.17) is 4.74 Å². The normalized spacial score (nSPS) is 24.0. The predicted octanol–water partition coefficient (Wildman–Crippen LogP) is 3.16. The molecule has 0 radical (unpaired) electrons. The highest BCUT2D eigenvalue weighted by molar-refractivity contribution is 7.90. The van der Waals surface area contributed by atoms with Crippen molar-refractivity contribution >= 4 is 15.5 Å². The Kier molecular flexibility index (Phi) is 3.87. The maximum atomic E-state index is 11.7. The summed E-state index contributed by atoms with van der Waals surface area (Å²) in [5.41, 5.74) is 1.42. The number of sulfone groups is 1. The minimum absolute atomic E-state index is 0.140. The van der Waals surface area contributed by atoms with Crippen LogP contribution in [0.1, 0.15) is 39.7 Å². The molecule has 21 heavy (non-hydrogen) atoms. The van der Waals surface area contributed by atoms with E-state index in [1.54, 1.807) is 12.1 Å². The minimum atomic E-state index is -3.20. The highest BCUT2D eigenvalue weighted by Gasteiger charge is 2.45. The largest absolute Gasteiger partial charge is 0.379 e. The molecule has 0 bridgehead atoms. The zero-order chi connectivity index (χ0) is 16.1. The van der Waals surface area contributed by atoms with E-state index in [1.807, 2.05) is 13.0 Å². The smallest absolute Gasteiger partial charge is 0.175 e. The average molecular weight is 311 g/mol. The quantitative estimate of drug-likeness (QED) is 0.931. The molecule has 1 saturated heterocycles. The van der Waals surface area contributed by atoms with Gasteiger partial charge < -0.3 is 10.1 Å². The van der Waals surface area contributed by atoms with Gasteiger partial charge in [-0.25, -0.2) is 8.42 Å². The summed E-state index contributed by atoms with van der Waals surface area (Å²) in [4.78, 5) is 0.339. The van der Waals surface area contributed by atoms with E-state index in [2.05, 4.69) is 33.0 Å². The second-order valence-corrected chi connectivity index (χ2v) is 9.13. The highest BCUT2D eigenvalue weighted by Crippen LogP contribution is 2.39. The van der Waals surface area contributed by atoms with Crippen molar-refractivity contribution in [3.63, 3.8) is 0 Å². The molecule has 0 saturated carbocycles. The second kappa shape index (κ2) is 4.99. The van der Waals surface area contributed by atoms with E-state index >= 15 is 0 Å². The Hall–Kier alpha value is -1.07. The topological polar surface area (TPSA) is 55.4 Å². The number of anilines is 1. The monoisotopic (exact) mass is 311 g/mol. The van der Waals surface area contributed by atoms with Crippen LogP contribution in [0.15, 0.2) is 23.1 Å². The molecule has 1 fully saturated rings. The molecule has 118 valence electrons. The summed E-state index contributed by atoms with van der Waals surface area (Å²) < 4.78 is 29.5. The van der Waals surface area contributed by atoms with Gasteiger partial charge >= 0.3 is 0 Å². The van der Waals surface area contributed by atoms with E-state index in [0.717, 1.165) is 17.7 Å². The van der Waals surface area contributed by atoms with Crippen molar-refractivity contribution in [2.75, 3.05) is 11.6 Å². The first kappa shape index (κ1) is 16.3. The Bertz CT molecular complexity index is 647. The number of hydrogen-bond acceptors (Lipinski definition) is 4. The van der Waals surface area contributed by atoms with Gasteiger partial charge in [-0.1, -0.05) is 6.07 Å². The van der Waals surface area contributed by atoms with Crippen LogP contribution in [0.3, 0.4) is 0 Å². The molecule has 1 aromatic carbocycles. The molecule has 1 aliphatic heterocycles. The summed E-state index contributed by atoms with van der Waals surface area (Å²) in [6.45, 7) is 10.3. The Labute approximate surface area is 127 Å². The lowest BCUT2D eigenvalue weighted by molar-refractivity contribution is -0.0662. The lowest BCUT2D eigenvalue weighted by Crippen LogP contribution is -2.38. The minimum Gasteiger partial charge on any atom is -0.379 e. The van der Waals surface area contributed by atoms with E-state index in [0.29, 0.717) is 4.90 Å². The molecule has 1 unspecified atom stereocenters. The molecule has 5 heteroatoms. The van der Waals surface area contributed by atoms with E-state index in [9.17, 15) is 8.42 Å². The van der Waals surface area contributed by atoms with Gasteiger partial charge in [-0.2, -0.15) is 0 Å². The van der Waals surface area contributed by atoms with Gasteiger partial charge in [0.05, 0.1) is 22.1 Å². The highest BCUT2D eigenvalue weighted by atomic mass is 32.2. The summed E-state index contributed by atoms with van der Waals surface area (Å²) in [6, 6.07) is 5.34. The van der Waals surface area contributed by atoms with Crippen molar-refractivity contribution < 1.29 is 13.2 Å². The van der Waals surface area contributed by atoms with Gasteiger partial charge in [0.25, 0.3) is 0 Å². The number of ether oxygens (including phenoxy) is 1. The number of rotatable bonds is 3. The van der Waals surface area contributed by atoms with Crippen LogP contribution in [0.4, 0.5) is 5.69 Å². The summed E-state index contributed by atoms with van der Waals surface area (Å²) in [6.07, 6.45) is 2.11. The standard InChI is InChI=1S/C16H25NO3S/c1-11-7-8-12(21(6,18)19)9-13(11)17-14-10-15(2,3)20-16(14,4)5/h7-9,14,17H,10H2,1-6H3. The van der Waals surface area contributed by atoms with E-state index < -0.39 is 9.84 Å². The number of benzene rings is 1. The fourth-order valence-corrected chi connectivity index (χ4v) is 3.61. The first-order valence-electron chi connectivity index (χ1n) is 7.18. The maximum Gasteiger partial charge on any atom is 0.175 e. The number of aryl methyl sites for hydroxylation is 1. The van der Waals surface area contributed by atoms with Crippen molar-refractivity contribution in [1.82, 2.24) is 0 Å². The number of nitrogens with one attached hydrogen (secondary N) is 1. The molecule has 2 rings (SSSR count). The summed E-state index contributed by atoms with van der Waals surface area (Å²) >= 11 is 0. The van der Waals surface area contributed by atoms with Crippen molar-refractivity contribution in [2.24, 2.45) is 0 Å². The van der Waals surface area contributed by atoms with Crippen LogP contribution in [-0.2, 0) is 14.6 Å². The molecule has 1 heterocycles. The molecular weight excluding hydrogens is 286 g/mol. The average Bonchev–Trinajstić information content (AvgIpc) is 2.48. The molecule has 1 aliphatic rings. The maximum absolute atomic E-state index is 11.7. The summed E-state index contributed by atoms with van der Waals surface area (Å²) in [7, 11) is -3.20. The second-order valence-electron chi connectivity index (χ2n) is 7.12. The summed E-state index contributed by atoms with van der Waals surface area (Å²) in [5, 5.41) is 3.48. The number of hydrogen-bond donors (Lipinski definition) is 1. The van der Waals surface area contributed by atoms with Gasteiger partial charge in [0.2, 0.25) is 0 Å². The van der Waals surface area contributed by atoms with E-state index in [-0.39, 0.29) is 17.2 Å². The van der Waals surface area contributed by atoms with Crippen LogP contribution in [0.2, 0.25) is 0 Å². The molecule has 1 atom stereocenters. The fraction of sp³-hybridized carbons (Fsp3) is 0.625. The Morgan fingerprint density at radius 2 is 1.86 bits per heavy atom. The fourth-order valence-electron chi connectivity index (χ4n) is 2.96. The lowest BCUT2D eigenvalue weighted by Gasteiger charge is -2.29. The van der Waals surface area contributed by atoms with Crippen molar-refractivity contribution in [2.45, 2.75) is 63.2 Å². The Balaban J connectivity index is 2.32. The molecule has 0 spiro atoms. The van der Waals surface area contributed by atoms with Crippen LogP contribution in [0.25, 0.3) is 0 Å². The van der Waals surface area contributed by atoms with Gasteiger partial charge in [0, 0.05) is 11.9 Å². The third-order valence-electron chi connectivity index (χ3n) is 4.04. The van der Waals surface area contributed by atoms with Gasteiger partial charge in [0.1, 0.15) is 0 Å². The Morgan fingerprint density at radius 3 is 2.33 bits per heavy atom. The summed E-state index contributed by atoms with van der Waals surface area (Å²) in [5.74, 6) is 0. The first-order chi connectivity index (χ1) is 9.41. The first-order valence-corrected chi connectivity index (χ1v) is 9.07.